The Hall–Kier alpha value is -2.56. The second-order valence-corrected chi connectivity index (χ2v) is 5.96. The molecule has 2 aromatic rings. The predicted octanol–water partition coefficient (Wildman–Crippen LogP) is 3.50. The van der Waals surface area contributed by atoms with Crippen LogP contribution >= 0.6 is 0 Å². The highest BCUT2D eigenvalue weighted by Gasteiger charge is 2.30. The van der Waals surface area contributed by atoms with Crippen LogP contribution in [0.5, 0.6) is 5.75 Å². The van der Waals surface area contributed by atoms with E-state index in [0.717, 1.165) is 22.7 Å². The number of nitrogens with zero attached hydrogens (tertiary/aromatic N) is 2. The summed E-state index contributed by atoms with van der Waals surface area (Å²) in [7, 11) is 0. The van der Waals surface area contributed by atoms with Crippen molar-refractivity contribution in [3.05, 3.63) is 54.2 Å². The molecule has 0 spiro atoms. The molecule has 0 unspecified atom stereocenters. The molecule has 5 nitrogen and oxygen atoms in total. The molecular weight excluding hydrogens is 290 g/mol. The van der Waals surface area contributed by atoms with Crippen LogP contribution in [0.3, 0.4) is 0 Å². The van der Waals surface area contributed by atoms with E-state index < -0.39 is 0 Å². The molecule has 1 aromatic heterocycles. The van der Waals surface area contributed by atoms with Gasteiger partial charge in [0.15, 0.2) is 0 Å². The number of ether oxygens (including phenoxy) is 1. The first-order valence-electron chi connectivity index (χ1n) is 7.81. The van der Waals surface area contributed by atoms with E-state index in [2.05, 4.69) is 17.0 Å². The summed E-state index contributed by atoms with van der Waals surface area (Å²) in [6, 6.07) is 8.07. The third-order valence-electron chi connectivity index (χ3n) is 3.96. The van der Waals surface area contributed by atoms with E-state index in [9.17, 15) is 4.79 Å². The quantitative estimate of drug-likeness (QED) is 0.860. The molecule has 0 radical (unpaired) electrons. The normalized spacial score (nSPS) is 16.8. The van der Waals surface area contributed by atoms with Gasteiger partial charge in [-0.25, -0.2) is 4.68 Å². The summed E-state index contributed by atoms with van der Waals surface area (Å²) in [5.41, 5.74) is 2.12. The molecule has 120 valence electrons. The van der Waals surface area contributed by atoms with Gasteiger partial charge in [0, 0.05) is 23.9 Å². The van der Waals surface area contributed by atoms with E-state index >= 15 is 0 Å². The van der Waals surface area contributed by atoms with Crippen molar-refractivity contribution >= 4 is 11.7 Å². The number of hydrogen-bond donors (Lipinski definition) is 1. The molecule has 2 heterocycles. The van der Waals surface area contributed by atoms with Crippen molar-refractivity contribution in [1.82, 2.24) is 9.78 Å². The number of nitrogens with one attached hydrogen (secondary N) is 1. The van der Waals surface area contributed by atoms with Crippen LogP contribution in [-0.2, 0) is 4.79 Å². The number of rotatable bonds is 5. The summed E-state index contributed by atoms with van der Waals surface area (Å²) >= 11 is 0. The lowest BCUT2D eigenvalue weighted by Gasteiger charge is -2.24. The molecule has 1 aliphatic rings. The lowest BCUT2D eigenvalue weighted by molar-refractivity contribution is -0.116. The van der Waals surface area contributed by atoms with Gasteiger partial charge in [0.05, 0.1) is 6.20 Å². The monoisotopic (exact) mass is 311 g/mol. The second kappa shape index (κ2) is 6.28. The van der Waals surface area contributed by atoms with Crippen molar-refractivity contribution in [2.75, 3.05) is 11.9 Å². The molecule has 0 aliphatic carbocycles. The fourth-order valence-corrected chi connectivity index (χ4v) is 2.90. The largest absolute Gasteiger partial charge is 0.490 e. The molecule has 1 N–H and O–H groups in total. The third kappa shape index (κ3) is 2.99. The fraction of sp³-hybridized carbons (Fsp3) is 0.333. The standard InChI is InChI=1S/C18H21N3O2/c1-4-8-23-14-7-5-6-13(9-14)15-10-17(22)20-18-16(15)11-19-21(18)12(2)3/h4-7,9,11-12,15H,1,8,10H2,2-3H3,(H,20,22)/t15-/m1/s1. The number of hydrogen-bond acceptors (Lipinski definition) is 3. The average Bonchev–Trinajstić information content (AvgIpc) is 2.96. The molecule has 5 heteroatoms. The summed E-state index contributed by atoms with van der Waals surface area (Å²) in [4.78, 5) is 12.1. The van der Waals surface area contributed by atoms with Gasteiger partial charge in [-0.3, -0.25) is 4.79 Å². The molecule has 1 aliphatic heterocycles. The van der Waals surface area contributed by atoms with Crippen molar-refractivity contribution in [3.8, 4) is 5.75 Å². The topological polar surface area (TPSA) is 56.1 Å². The first kappa shape index (κ1) is 15.3. The highest BCUT2D eigenvalue weighted by atomic mass is 16.5. The summed E-state index contributed by atoms with van der Waals surface area (Å²) in [6.45, 7) is 8.22. The molecule has 1 aromatic carbocycles. The molecule has 0 bridgehead atoms. The maximum Gasteiger partial charge on any atom is 0.226 e. The van der Waals surface area contributed by atoms with Crippen LogP contribution < -0.4 is 10.1 Å². The first-order chi connectivity index (χ1) is 11.1. The molecular formula is C18H21N3O2. The number of aromatic nitrogens is 2. The number of carbonyl (C=O) groups is 1. The Morgan fingerprint density at radius 2 is 2.35 bits per heavy atom. The maximum absolute atomic E-state index is 12.1. The Labute approximate surface area is 136 Å². The van der Waals surface area contributed by atoms with E-state index in [1.54, 1.807) is 6.08 Å². The van der Waals surface area contributed by atoms with Gasteiger partial charge in [0.2, 0.25) is 5.91 Å². The van der Waals surface area contributed by atoms with Crippen LogP contribution in [0.15, 0.2) is 43.1 Å². The number of amides is 1. The van der Waals surface area contributed by atoms with Crippen LogP contribution in [-0.4, -0.2) is 22.3 Å². The van der Waals surface area contributed by atoms with Crippen LogP contribution in [0.25, 0.3) is 0 Å². The zero-order valence-corrected chi connectivity index (χ0v) is 13.5. The van der Waals surface area contributed by atoms with E-state index in [0.29, 0.717) is 13.0 Å². The Morgan fingerprint density at radius 1 is 1.52 bits per heavy atom. The minimum Gasteiger partial charge on any atom is -0.490 e. The van der Waals surface area contributed by atoms with Crippen LogP contribution in [0, 0.1) is 0 Å². The van der Waals surface area contributed by atoms with Crippen molar-refractivity contribution in [2.45, 2.75) is 32.2 Å². The van der Waals surface area contributed by atoms with Gasteiger partial charge in [-0.15, -0.1) is 0 Å². The zero-order chi connectivity index (χ0) is 16.4. The molecule has 3 rings (SSSR count). The summed E-state index contributed by atoms with van der Waals surface area (Å²) in [5.74, 6) is 1.60. The second-order valence-electron chi connectivity index (χ2n) is 5.96. The van der Waals surface area contributed by atoms with Crippen LogP contribution in [0.1, 0.15) is 43.4 Å². The van der Waals surface area contributed by atoms with Gasteiger partial charge >= 0.3 is 0 Å². The van der Waals surface area contributed by atoms with Crippen LogP contribution in [0.4, 0.5) is 5.82 Å². The van der Waals surface area contributed by atoms with Crippen LogP contribution in [0.2, 0.25) is 0 Å². The first-order valence-corrected chi connectivity index (χ1v) is 7.81. The van der Waals surface area contributed by atoms with Gasteiger partial charge < -0.3 is 10.1 Å². The Bertz CT molecular complexity index is 734. The Morgan fingerprint density at radius 3 is 3.09 bits per heavy atom. The van der Waals surface area contributed by atoms with E-state index in [-0.39, 0.29) is 17.9 Å². The van der Waals surface area contributed by atoms with Gasteiger partial charge in [-0.05, 0) is 31.5 Å². The maximum atomic E-state index is 12.1. The van der Waals surface area contributed by atoms with E-state index in [1.165, 1.54) is 0 Å². The average molecular weight is 311 g/mol. The molecule has 1 amide bonds. The van der Waals surface area contributed by atoms with E-state index in [4.69, 9.17) is 4.74 Å². The van der Waals surface area contributed by atoms with Gasteiger partial charge in [-0.2, -0.15) is 5.10 Å². The number of carbonyl (C=O) groups excluding carboxylic acids is 1. The number of anilines is 1. The van der Waals surface area contributed by atoms with Crippen molar-refractivity contribution in [3.63, 3.8) is 0 Å². The lowest BCUT2D eigenvalue weighted by Crippen LogP contribution is -2.25. The van der Waals surface area contributed by atoms with Crippen molar-refractivity contribution in [2.24, 2.45) is 0 Å². The Balaban J connectivity index is 1.98. The SMILES string of the molecule is C=CCOc1cccc([C@H]2CC(=O)Nc3c2cnn3C(C)C)c1. The Kier molecular flexibility index (Phi) is 4.19. The minimum atomic E-state index is -0.00136. The smallest absolute Gasteiger partial charge is 0.226 e. The summed E-state index contributed by atoms with van der Waals surface area (Å²) < 4.78 is 7.46. The number of fused-ring (bicyclic) bond motifs is 1. The highest BCUT2D eigenvalue weighted by Crippen LogP contribution is 2.38. The van der Waals surface area contributed by atoms with Gasteiger partial charge in [0.1, 0.15) is 18.2 Å². The fourth-order valence-electron chi connectivity index (χ4n) is 2.90. The van der Waals surface area contributed by atoms with Gasteiger partial charge in [0.25, 0.3) is 0 Å². The van der Waals surface area contributed by atoms with Crippen molar-refractivity contribution < 1.29 is 9.53 Å². The third-order valence-corrected chi connectivity index (χ3v) is 3.96. The summed E-state index contributed by atoms with van der Waals surface area (Å²) in [5, 5.41) is 7.39. The summed E-state index contributed by atoms with van der Waals surface area (Å²) in [6.07, 6.45) is 3.99. The molecule has 23 heavy (non-hydrogen) atoms. The van der Waals surface area contributed by atoms with Crippen molar-refractivity contribution in [1.29, 1.82) is 0 Å². The molecule has 1 atom stereocenters. The number of benzene rings is 1. The minimum absolute atomic E-state index is 0.00136. The zero-order valence-electron chi connectivity index (χ0n) is 13.5. The lowest BCUT2D eigenvalue weighted by atomic mass is 9.87. The molecule has 0 fully saturated rings. The predicted molar refractivity (Wildman–Crippen MR) is 89.8 cm³/mol. The molecule has 0 saturated heterocycles. The van der Waals surface area contributed by atoms with E-state index in [1.807, 2.05) is 49.0 Å². The molecule has 0 saturated carbocycles. The highest BCUT2D eigenvalue weighted by molar-refractivity contribution is 5.94. The van der Waals surface area contributed by atoms with Gasteiger partial charge in [-0.1, -0.05) is 24.8 Å².